The van der Waals surface area contributed by atoms with Crippen LogP contribution < -0.4 is 10.6 Å². The number of rotatable bonds is 8. The summed E-state index contributed by atoms with van der Waals surface area (Å²) in [4.78, 5) is 41.5. The van der Waals surface area contributed by atoms with E-state index in [1.54, 1.807) is 48.0 Å². The molecule has 5 atom stereocenters. The highest BCUT2D eigenvalue weighted by atomic mass is 35.5. The predicted molar refractivity (Wildman–Crippen MR) is 121 cm³/mol. The highest BCUT2D eigenvalue weighted by Crippen LogP contribution is 2.66. The number of aliphatic hydroxyl groups excluding tert-OH is 1. The summed E-state index contributed by atoms with van der Waals surface area (Å²) in [7, 11) is 1.60. The summed E-state index contributed by atoms with van der Waals surface area (Å²) in [5.41, 5.74) is 0.516. The zero-order valence-electron chi connectivity index (χ0n) is 17.5. The van der Waals surface area contributed by atoms with Gasteiger partial charge in [-0.1, -0.05) is 23.7 Å². The Bertz CT molecular complexity index is 884. The van der Waals surface area contributed by atoms with Crippen molar-refractivity contribution < 1.29 is 19.5 Å². The van der Waals surface area contributed by atoms with Gasteiger partial charge in [-0.2, -0.15) is 0 Å². The van der Waals surface area contributed by atoms with Crippen molar-refractivity contribution in [3.63, 3.8) is 0 Å². The number of aliphatic hydroxyl groups is 1. The molecule has 4 rings (SSSR count). The second-order valence-electron chi connectivity index (χ2n) is 8.46. The van der Waals surface area contributed by atoms with Crippen molar-refractivity contribution in [1.29, 1.82) is 0 Å². The molecule has 0 aliphatic carbocycles. The number of thioether (sulfide) groups is 1. The van der Waals surface area contributed by atoms with Gasteiger partial charge >= 0.3 is 0 Å². The summed E-state index contributed by atoms with van der Waals surface area (Å²) in [6.45, 7) is 0.538. The third-order valence-corrected chi connectivity index (χ3v) is 9.07. The first-order valence-corrected chi connectivity index (χ1v) is 12.1. The summed E-state index contributed by atoms with van der Waals surface area (Å²) in [6, 6.07) is 6.39. The number of benzene rings is 1. The number of hydrogen-bond donors (Lipinski definition) is 3. The number of para-hydroxylation sites is 1. The monoisotopic (exact) mass is 465 g/mol. The average molecular weight is 466 g/mol. The standard InChI is InChI=1S/C22H28ClN3O4S/c1-24-19(28)16-15-9-10-22(31-15)17(16)21(30)26(11-5-2-6-12-27)18(22)20(29)25-14-8-4-3-7-13(14)23/h3-4,7-8,15-18,27H,2,5-6,9-12H2,1H3,(H,24,28)(H,25,29)/t15-,16+,17+,18?,22?/m1/s1. The van der Waals surface area contributed by atoms with E-state index < -0.39 is 22.6 Å². The number of unbranched alkanes of at least 4 members (excludes halogenated alkanes) is 2. The molecule has 0 aromatic heterocycles. The van der Waals surface area contributed by atoms with Gasteiger partial charge in [-0.05, 0) is 44.2 Å². The fraction of sp³-hybridized carbons (Fsp3) is 0.591. The van der Waals surface area contributed by atoms with E-state index in [4.69, 9.17) is 16.7 Å². The summed E-state index contributed by atoms with van der Waals surface area (Å²) >= 11 is 7.90. The first-order valence-electron chi connectivity index (χ1n) is 10.8. The van der Waals surface area contributed by atoms with Crippen LogP contribution in [-0.4, -0.2) is 64.0 Å². The number of carbonyl (C=O) groups is 3. The third kappa shape index (κ3) is 3.72. The number of hydrogen-bond acceptors (Lipinski definition) is 5. The molecular weight excluding hydrogens is 438 g/mol. The molecule has 3 N–H and O–H groups in total. The normalized spacial score (nSPS) is 31.1. The van der Waals surface area contributed by atoms with E-state index in [9.17, 15) is 14.4 Å². The lowest BCUT2D eigenvalue weighted by atomic mass is 9.71. The van der Waals surface area contributed by atoms with Crippen molar-refractivity contribution in [3.8, 4) is 0 Å². The molecule has 7 nitrogen and oxygen atoms in total. The van der Waals surface area contributed by atoms with E-state index in [1.165, 1.54) is 0 Å². The quantitative estimate of drug-likeness (QED) is 0.511. The molecule has 2 unspecified atom stereocenters. The Morgan fingerprint density at radius 1 is 1.26 bits per heavy atom. The van der Waals surface area contributed by atoms with Gasteiger partial charge in [0.1, 0.15) is 6.04 Å². The SMILES string of the molecule is CNC(=O)[C@@H]1[C@H]2C(=O)N(CCCCCO)C(C(=O)Nc3ccccc3Cl)C23CC[C@H]1S3. The lowest BCUT2D eigenvalue weighted by Crippen LogP contribution is -2.51. The molecule has 1 aromatic rings. The summed E-state index contributed by atoms with van der Waals surface area (Å²) < 4.78 is -0.596. The van der Waals surface area contributed by atoms with Crippen LogP contribution in [0.25, 0.3) is 0 Å². The van der Waals surface area contributed by atoms with E-state index >= 15 is 0 Å². The van der Waals surface area contributed by atoms with Gasteiger partial charge in [0.25, 0.3) is 0 Å². The number of carbonyl (C=O) groups excluding carboxylic acids is 3. The molecule has 0 radical (unpaired) electrons. The molecule has 9 heteroatoms. The largest absolute Gasteiger partial charge is 0.396 e. The van der Waals surface area contributed by atoms with Gasteiger partial charge in [0.2, 0.25) is 17.7 Å². The van der Waals surface area contributed by atoms with Crippen LogP contribution >= 0.6 is 23.4 Å². The van der Waals surface area contributed by atoms with Gasteiger partial charge in [-0.25, -0.2) is 0 Å². The smallest absolute Gasteiger partial charge is 0.248 e. The fourth-order valence-electron chi connectivity index (χ4n) is 5.50. The van der Waals surface area contributed by atoms with Crippen LogP contribution in [0, 0.1) is 11.8 Å². The zero-order chi connectivity index (χ0) is 22.2. The van der Waals surface area contributed by atoms with Gasteiger partial charge in [-0.3, -0.25) is 14.4 Å². The van der Waals surface area contributed by atoms with Crippen LogP contribution in [0.3, 0.4) is 0 Å². The van der Waals surface area contributed by atoms with E-state index in [1.807, 2.05) is 0 Å². The van der Waals surface area contributed by atoms with Gasteiger partial charge < -0.3 is 20.6 Å². The number of halogens is 1. The van der Waals surface area contributed by atoms with Crippen LogP contribution in [0.15, 0.2) is 24.3 Å². The van der Waals surface area contributed by atoms with Crippen molar-refractivity contribution in [2.24, 2.45) is 11.8 Å². The van der Waals surface area contributed by atoms with E-state index in [0.717, 1.165) is 19.3 Å². The number of amides is 3. The molecular formula is C22H28ClN3O4S. The highest BCUT2D eigenvalue weighted by molar-refractivity contribution is 8.02. The van der Waals surface area contributed by atoms with Gasteiger partial charge in [0.05, 0.1) is 27.3 Å². The van der Waals surface area contributed by atoms with Crippen molar-refractivity contribution in [2.45, 2.75) is 48.1 Å². The minimum Gasteiger partial charge on any atom is -0.396 e. The summed E-state index contributed by atoms with van der Waals surface area (Å²) in [6.07, 6.45) is 3.68. The van der Waals surface area contributed by atoms with Gasteiger partial charge in [-0.15, -0.1) is 11.8 Å². The van der Waals surface area contributed by atoms with Crippen molar-refractivity contribution in [2.75, 3.05) is 25.5 Å². The molecule has 3 saturated heterocycles. The molecule has 1 aromatic carbocycles. The number of nitrogens with zero attached hydrogens (tertiary/aromatic N) is 1. The lowest BCUT2D eigenvalue weighted by Gasteiger charge is -2.34. The number of anilines is 1. The molecule has 3 amide bonds. The molecule has 2 bridgehead atoms. The molecule has 168 valence electrons. The Morgan fingerprint density at radius 3 is 2.74 bits per heavy atom. The highest BCUT2D eigenvalue weighted by Gasteiger charge is 2.73. The summed E-state index contributed by atoms with van der Waals surface area (Å²) in [5, 5.41) is 15.2. The maximum absolute atomic E-state index is 13.6. The van der Waals surface area contributed by atoms with Crippen molar-refractivity contribution in [3.05, 3.63) is 29.3 Å². The number of nitrogens with one attached hydrogen (secondary N) is 2. The minimum absolute atomic E-state index is 0.0565. The van der Waals surface area contributed by atoms with E-state index in [2.05, 4.69) is 10.6 Å². The summed E-state index contributed by atoms with van der Waals surface area (Å²) in [5.74, 6) is -1.38. The van der Waals surface area contributed by atoms with E-state index in [0.29, 0.717) is 30.1 Å². The maximum atomic E-state index is 13.6. The molecule has 3 aliphatic rings. The van der Waals surface area contributed by atoms with E-state index in [-0.39, 0.29) is 29.6 Å². The van der Waals surface area contributed by atoms with Crippen LogP contribution in [0.1, 0.15) is 32.1 Å². The topological polar surface area (TPSA) is 98.7 Å². The van der Waals surface area contributed by atoms with Gasteiger partial charge in [0, 0.05) is 25.4 Å². The average Bonchev–Trinajstić information content (AvgIpc) is 3.40. The predicted octanol–water partition coefficient (Wildman–Crippen LogP) is 2.28. The second-order valence-corrected chi connectivity index (χ2v) is 10.5. The van der Waals surface area contributed by atoms with Crippen LogP contribution in [0.5, 0.6) is 0 Å². The second kappa shape index (κ2) is 9.00. The van der Waals surface area contributed by atoms with Crippen molar-refractivity contribution in [1.82, 2.24) is 10.2 Å². The Morgan fingerprint density at radius 2 is 2.03 bits per heavy atom. The van der Waals surface area contributed by atoms with Gasteiger partial charge in [0.15, 0.2) is 0 Å². The number of likely N-dealkylation sites (tertiary alicyclic amines) is 1. The maximum Gasteiger partial charge on any atom is 0.248 e. The lowest BCUT2D eigenvalue weighted by molar-refractivity contribution is -0.139. The van der Waals surface area contributed by atoms with Crippen LogP contribution in [0.4, 0.5) is 5.69 Å². The third-order valence-electron chi connectivity index (χ3n) is 6.79. The van der Waals surface area contributed by atoms with Crippen LogP contribution in [-0.2, 0) is 14.4 Å². The molecule has 31 heavy (non-hydrogen) atoms. The van der Waals surface area contributed by atoms with Crippen LogP contribution in [0.2, 0.25) is 5.02 Å². The Kier molecular flexibility index (Phi) is 6.51. The van der Waals surface area contributed by atoms with Crippen molar-refractivity contribution >= 4 is 46.8 Å². The zero-order valence-corrected chi connectivity index (χ0v) is 19.0. The Hall–Kier alpha value is -1.77. The Labute approximate surface area is 191 Å². The minimum atomic E-state index is -0.653. The molecule has 1 spiro atoms. The molecule has 3 aliphatic heterocycles. The molecule has 3 fully saturated rings. The first kappa shape index (κ1) is 22.4. The molecule has 0 saturated carbocycles. The molecule has 3 heterocycles. The fourth-order valence-corrected chi connectivity index (χ4v) is 7.90. The Balaban J connectivity index is 1.65. The first-order chi connectivity index (χ1) is 14.9. The number of fused-ring (bicyclic) bond motifs is 1.